The molecular formula is C14H21BrN2. The summed E-state index contributed by atoms with van der Waals surface area (Å²) in [6.45, 7) is 5.54. The molecule has 1 aromatic rings. The van der Waals surface area contributed by atoms with Crippen molar-refractivity contribution in [1.29, 1.82) is 0 Å². The van der Waals surface area contributed by atoms with E-state index in [4.69, 9.17) is 0 Å². The Kier molecular flexibility index (Phi) is 4.43. The van der Waals surface area contributed by atoms with Crippen LogP contribution in [-0.4, -0.2) is 11.5 Å². The number of rotatable bonds is 3. The summed E-state index contributed by atoms with van der Waals surface area (Å²) in [5.74, 6) is 2.75. The topological polar surface area (TPSA) is 24.9 Å². The van der Waals surface area contributed by atoms with E-state index in [1.54, 1.807) is 0 Å². The summed E-state index contributed by atoms with van der Waals surface area (Å²) in [6, 6.07) is 2.11. The molecule has 0 radical (unpaired) electrons. The van der Waals surface area contributed by atoms with Gasteiger partial charge >= 0.3 is 0 Å². The van der Waals surface area contributed by atoms with E-state index in [0.717, 1.165) is 28.7 Å². The highest BCUT2D eigenvalue weighted by atomic mass is 79.9. The van der Waals surface area contributed by atoms with Crippen molar-refractivity contribution in [3.8, 4) is 0 Å². The summed E-state index contributed by atoms with van der Waals surface area (Å²) in [5, 5.41) is 3.50. The van der Waals surface area contributed by atoms with Gasteiger partial charge in [0.1, 0.15) is 5.82 Å². The van der Waals surface area contributed by atoms with E-state index in [-0.39, 0.29) is 0 Å². The summed E-state index contributed by atoms with van der Waals surface area (Å²) >= 11 is 3.44. The molecule has 1 N–H and O–H groups in total. The first-order chi connectivity index (χ1) is 8.15. The lowest BCUT2D eigenvalue weighted by Gasteiger charge is -2.27. The van der Waals surface area contributed by atoms with Crippen LogP contribution >= 0.6 is 15.9 Å². The average molecular weight is 297 g/mol. The van der Waals surface area contributed by atoms with Crippen LogP contribution < -0.4 is 5.32 Å². The third kappa shape index (κ3) is 3.70. The van der Waals surface area contributed by atoms with E-state index < -0.39 is 0 Å². The molecule has 94 valence electrons. The van der Waals surface area contributed by atoms with Crippen molar-refractivity contribution >= 4 is 21.7 Å². The fourth-order valence-corrected chi connectivity index (χ4v) is 3.16. The number of aromatic nitrogens is 1. The fourth-order valence-electron chi connectivity index (χ4n) is 2.71. The summed E-state index contributed by atoms with van der Waals surface area (Å²) in [6.07, 6.45) is 7.39. The minimum Gasteiger partial charge on any atom is -0.370 e. The van der Waals surface area contributed by atoms with E-state index in [2.05, 4.69) is 46.1 Å². The van der Waals surface area contributed by atoms with Crippen molar-refractivity contribution in [1.82, 2.24) is 4.98 Å². The second-order valence-electron chi connectivity index (χ2n) is 5.34. The second kappa shape index (κ2) is 5.85. The van der Waals surface area contributed by atoms with Gasteiger partial charge in [-0.2, -0.15) is 0 Å². The van der Waals surface area contributed by atoms with Crippen molar-refractivity contribution in [2.45, 2.75) is 39.5 Å². The largest absolute Gasteiger partial charge is 0.370 e. The van der Waals surface area contributed by atoms with Crippen LogP contribution in [0.15, 0.2) is 16.7 Å². The highest BCUT2D eigenvalue weighted by Gasteiger charge is 2.18. The smallest absolute Gasteiger partial charge is 0.128 e. The molecule has 2 rings (SSSR count). The Morgan fingerprint density at radius 2 is 2.29 bits per heavy atom. The number of halogens is 1. The van der Waals surface area contributed by atoms with Gasteiger partial charge in [0.25, 0.3) is 0 Å². The van der Waals surface area contributed by atoms with Crippen molar-refractivity contribution in [2.75, 3.05) is 11.9 Å². The first-order valence-electron chi connectivity index (χ1n) is 6.51. The second-order valence-corrected chi connectivity index (χ2v) is 6.25. The van der Waals surface area contributed by atoms with Gasteiger partial charge in [0.15, 0.2) is 0 Å². The van der Waals surface area contributed by atoms with Gasteiger partial charge in [-0.05, 0) is 59.2 Å². The first kappa shape index (κ1) is 12.9. The Hall–Kier alpha value is -0.570. The Bertz CT molecular complexity index is 378. The highest BCUT2D eigenvalue weighted by molar-refractivity contribution is 9.10. The van der Waals surface area contributed by atoms with Crippen LogP contribution in [0.25, 0.3) is 0 Å². The quantitative estimate of drug-likeness (QED) is 0.895. The van der Waals surface area contributed by atoms with Crippen LogP contribution in [0.1, 0.15) is 38.2 Å². The zero-order valence-electron chi connectivity index (χ0n) is 10.7. The highest BCUT2D eigenvalue weighted by Crippen LogP contribution is 2.28. The van der Waals surface area contributed by atoms with Crippen molar-refractivity contribution in [3.05, 3.63) is 22.3 Å². The summed E-state index contributed by atoms with van der Waals surface area (Å²) in [7, 11) is 0. The van der Waals surface area contributed by atoms with Crippen molar-refractivity contribution < 1.29 is 0 Å². The van der Waals surface area contributed by atoms with E-state index in [0.29, 0.717) is 0 Å². The molecule has 0 aromatic carbocycles. The lowest BCUT2D eigenvalue weighted by Crippen LogP contribution is -2.21. The van der Waals surface area contributed by atoms with E-state index in [1.165, 1.54) is 31.2 Å². The minimum absolute atomic E-state index is 0.823. The lowest BCUT2D eigenvalue weighted by atomic mass is 9.82. The van der Waals surface area contributed by atoms with Gasteiger partial charge in [0.2, 0.25) is 0 Å². The normalized spacial score (nSPS) is 24.6. The summed E-state index contributed by atoms with van der Waals surface area (Å²) in [5.41, 5.74) is 1.21. The van der Waals surface area contributed by atoms with Crippen LogP contribution in [0.5, 0.6) is 0 Å². The number of aryl methyl sites for hydroxylation is 1. The minimum atomic E-state index is 0.823. The Balaban J connectivity index is 1.88. The molecule has 17 heavy (non-hydrogen) atoms. The molecule has 0 amide bonds. The number of anilines is 1. The van der Waals surface area contributed by atoms with E-state index >= 15 is 0 Å². The SMILES string of the molecule is Cc1cc(Br)cnc1NCC1CCCC(C)C1. The number of hydrogen-bond acceptors (Lipinski definition) is 2. The Morgan fingerprint density at radius 1 is 1.47 bits per heavy atom. The third-order valence-electron chi connectivity index (χ3n) is 3.65. The van der Waals surface area contributed by atoms with Gasteiger partial charge in [0, 0.05) is 17.2 Å². The van der Waals surface area contributed by atoms with Gasteiger partial charge in [0.05, 0.1) is 0 Å². The van der Waals surface area contributed by atoms with Gasteiger partial charge < -0.3 is 5.32 Å². The standard InChI is InChI=1S/C14H21BrN2/c1-10-4-3-5-12(6-10)8-16-14-11(2)7-13(15)9-17-14/h7,9-10,12H,3-6,8H2,1-2H3,(H,16,17). The molecule has 1 aliphatic rings. The number of nitrogens with zero attached hydrogens (tertiary/aromatic N) is 1. The van der Waals surface area contributed by atoms with Crippen LogP contribution in [-0.2, 0) is 0 Å². The molecule has 0 aliphatic heterocycles. The lowest BCUT2D eigenvalue weighted by molar-refractivity contribution is 0.293. The third-order valence-corrected chi connectivity index (χ3v) is 4.08. The van der Waals surface area contributed by atoms with Crippen molar-refractivity contribution in [2.24, 2.45) is 11.8 Å². The molecule has 2 unspecified atom stereocenters. The number of pyridine rings is 1. The molecule has 2 nitrogen and oxygen atoms in total. The summed E-state index contributed by atoms with van der Waals surface area (Å²) in [4.78, 5) is 4.42. The zero-order valence-corrected chi connectivity index (χ0v) is 12.3. The van der Waals surface area contributed by atoms with Gasteiger partial charge in [-0.1, -0.05) is 19.8 Å². The molecule has 1 aromatic heterocycles. The molecular weight excluding hydrogens is 276 g/mol. The Morgan fingerprint density at radius 3 is 3.00 bits per heavy atom. The van der Waals surface area contributed by atoms with Gasteiger partial charge in [-0.25, -0.2) is 4.98 Å². The first-order valence-corrected chi connectivity index (χ1v) is 7.30. The monoisotopic (exact) mass is 296 g/mol. The molecule has 1 fully saturated rings. The number of nitrogens with one attached hydrogen (secondary N) is 1. The predicted molar refractivity (Wildman–Crippen MR) is 76.3 cm³/mol. The molecule has 1 saturated carbocycles. The number of hydrogen-bond donors (Lipinski definition) is 1. The molecule has 0 saturated heterocycles. The molecule has 3 heteroatoms. The van der Waals surface area contributed by atoms with Crippen molar-refractivity contribution in [3.63, 3.8) is 0 Å². The average Bonchev–Trinajstić information content (AvgIpc) is 2.28. The van der Waals surface area contributed by atoms with Gasteiger partial charge in [-0.15, -0.1) is 0 Å². The molecule has 1 heterocycles. The van der Waals surface area contributed by atoms with Gasteiger partial charge in [-0.3, -0.25) is 0 Å². The summed E-state index contributed by atoms with van der Waals surface area (Å²) < 4.78 is 1.05. The van der Waals surface area contributed by atoms with E-state index in [9.17, 15) is 0 Å². The molecule has 1 aliphatic carbocycles. The van der Waals surface area contributed by atoms with Crippen LogP contribution in [0, 0.1) is 18.8 Å². The van der Waals surface area contributed by atoms with Crippen LogP contribution in [0.3, 0.4) is 0 Å². The Labute approximate surface area is 112 Å². The maximum Gasteiger partial charge on any atom is 0.128 e. The predicted octanol–water partition coefficient (Wildman–Crippen LogP) is 4.39. The molecule has 0 bridgehead atoms. The van der Waals surface area contributed by atoms with Crippen LogP contribution in [0.4, 0.5) is 5.82 Å². The maximum atomic E-state index is 4.42. The zero-order chi connectivity index (χ0) is 12.3. The fraction of sp³-hybridized carbons (Fsp3) is 0.643. The van der Waals surface area contributed by atoms with E-state index in [1.807, 2.05) is 6.20 Å². The van der Waals surface area contributed by atoms with Crippen LogP contribution in [0.2, 0.25) is 0 Å². The molecule has 0 spiro atoms. The maximum absolute atomic E-state index is 4.42. The molecule has 2 atom stereocenters.